The Morgan fingerprint density at radius 1 is 1.16 bits per heavy atom. The Labute approximate surface area is 190 Å². The maximum absolute atomic E-state index is 13.2. The molecule has 0 N–H and O–H groups in total. The highest BCUT2D eigenvalue weighted by Crippen LogP contribution is 2.32. The number of ether oxygens (including phenoxy) is 1. The van der Waals surface area contributed by atoms with E-state index in [-0.39, 0.29) is 11.7 Å². The van der Waals surface area contributed by atoms with Crippen molar-refractivity contribution in [1.29, 1.82) is 0 Å². The topological polar surface area (TPSA) is 64.7 Å². The number of nitrogens with zero attached hydrogens (tertiary/aromatic N) is 5. The highest BCUT2D eigenvalue weighted by molar-refractivity contribution is 6.30. The number of pyridine rings is 1. The summed E-state index contributed by atoms with van der Waals surface area (Å²) in [6, 6.07) is 9.73. The van der Waals surface area contributed by atoms with Gasteiger partial charge in [-0.3, -0.25) is 13.9 Å². The van der Waals surface area contributed by atoms with Crippen molar-refractivity contribution in [2.45, 2.75) is 20.0 Å². The summed E-state index contributed by atoms with van der Waals surface area (Å²) in [4.78, 5) is 20.2. The van der Waals surface area contributed by atoms with Gasteiger partial charge < -0.3 is 9.64 Å². The maximum Gasteiger partial charge on any atom is 0.261 e. The van der Waals surface area contributed by atoms with E-state index in [0.717, 1.165) is 34.6 Å². The minimum absolute atomic E-state index is 0.0540. The van der Waals surface area contributed by atoms with E-state index in [1.54, 1.807) is 9.08 Å². The van der Waals surface area contributed by atoms with Crippen LogP contribution < -0.4 is 10.5 Å². The lowest BCUT2D eigenvalue weighted by Gasteiger charge is -2.34. The van der Waals surface area contributed by atoms with Crippen molar-refractivity contribution < 1.29 is 4.74 Å². The van der Waals surface area contributed by atoms with E-state index in [1.165, 1.54) is 0 Å². The Balaban J connectivity index is 1.64. The molecule has 0 bridgehead atoms. The van der Waals surface area contributed by atoms with E-state index in [4.69, 9.17) is 21.3 Å². The summed E-state index contributed by atoms with van der Waals surface area (Å²) in [6.07, 6.45) is 5.63. The molecule has 4 aromatic rings. The summed E-state index contributed by atoms with van der Waals surface area (Å²) in [6.45, 7) is 5.68. The SMILES string of the molecule is Cc1nc2c(-c3ccc(Cl)cc3)cc(N3CCO[C@@H](c4cnn(C)c4)C3)cn2c(=O)c1C. The van der Waals surface area contributed by atoms with Crippen LogP contribution in [0.15, 0.2) is 53.7 Å². The normalized spacial score (nSPS) is 16.6. The molecule has 1 aliphatic rings. The lowest BCUT2D eigenvalue weighted by Crippen LogP contribution is -2.38. The third-order valence-electron chi connectivity index (χ3n) is 6.06. The molecular formula is C24H24ClN5O2. The molecule has 0 amide bonds. The van der Waals surface area contributed by atoms with Gasteiger partial charge in [-0.05, 0) is 37.6 Å². The fraction of sp³-hybridized carbons (Fsp3) is 0.292. The van der Waals surface area contributed by atoms with E-state index in [0.29, 0.717) is 29.4 Å². The first kappa shape index (κ1) is 20.7. The van der Waals surface area contributed by atoms with Gasteiger partial charge in [0.25, 0.3) is 5.56 Å². The van der Waals surface area contributed by atoms with Gasteiger partial charge in [0, 0.05) is 59.9 Å². The number of aryl methyl sites for hydroxylation is 2. The van der Waals surface area contributed by atoms with E-state index >= 15 is 0 Å². The monoisotopic (exact) mass is 449 g/mol. The first-order chi connectivity index (χ1) is 15.4. The number of halogens is 1. The number of fused-ring (bicyclic) bond motifs is 1. The molecule has 1 aliphatic heterocycles. The standard InChI is InChI=1S/C24H24ClN5O2/c1-15-16(2)27-23-21(17-4-6-19(25)7-5-17)10-20(13-30(23)24(15)31)29-8-9-32-22(14-29)18-11-26-28(3)12-18/h4-7,10-13,22H,8-9,14H2,1-3H3/t22-/m1/s1. The van der Waals surface area contributed by atoms with Crippen LogP contribution in [0.4, 0.5) is 5.69 Å². The van der Waals surface area contributed by atoms with E-state index < -0.39 is 0 Å². The molecule has 1 atom stereocenters. The zero-order chi connectivity index (χ0) is 22.4. The molecule has 1 aromatic carbocycles. The molecule has 5 rings (SSSR count). The van der Waals surface area contributed by atoms with Crippen molar-refractivity contribution in [3.05, 3.63) is 81.1 Å². The predicted molar refractivity (Wildman–Crippen MR) is 125 cm³/mol. The van der Waals surface area contributed by atoms with Gasteiger partial charge >= 0.3 is 0 Å². The molecule has 32 heavy (non-hydrogen) atoms. The third kappa shape index (κ3) is 3.67. The van der Waals surface area contributed by atoms with Gasteiger partial charge in [0.15, 0.2) is 0 Å². The number of hydrogen-bond donors (Lipinski definition) is 0. The molecule has 1 fully saturated rings. The van der Waals surface area contributed by atoms with Crippen LogP contribution >= 0.6 is 11.6 Å². The van der Waals surface area contributed by atoms with Crippen LogP contribution in [-0.4, -0.2) is 38.9 Å². The second-order valence-corrected chi connectivity index (χ2v) is 8.63. The summed E-state index contributed by atoms with van der Waals surface area (Å²) >= 11 is 6.12. The van der Waals surface area contributed by atoms with Gasteiger partial charge in [-0.2, -0.15) is 5.10 Å². The van der Waals surface area contributed by atoms with Crippen molar-refractivity contribution in [2.75, 3.05) is 24.6 Å². The molecule has 0 unspecified atom stereocenters. The molecule has 3 aromatic heterocycles. The van der Waals surface area contributed by atoms with Gasteiger partial charge in [-0.1, -0.05) is 23.7 Å². The Bertz CT molecular complexity index is 1360. The van der Waals surface area contributed by atoms with Crippen molar-refractivity contribution in [3.63, 3.8) is 0 Å². The highest BCUT2D eigenvalue weighted by Gasteiger charge is 2.25. The molecule has 0 radical (unpaired) electrons. The van der Waals surface area contributed by atoms with E-state index in [9.17, 15) is 4.79 Å². The summed E-state index contributed by atoms with van der Waals surface area (Å²) in [5, 5.41) is 4.94. The second-order valence-electron chi connectivity index (χ2n) is 8.19. The highest BCUT2D eigenvalue weighted by atomic mass is 35.5. The molecule has 8 heteroatoms. The van der Waals surface area contributed by atoms with Gasteiger partial charge in [0.2, 0.25) is 0 Å². The first-order valence-electron chi connectivity index (χ1n) is 10.6. The summed E-state index contributed by atoms with van der Waals surface area (Å²) in [5.41, 5.74) is 5.82. The van der Waals surface area contributed by atoms with Crippen molar-refractivity contribution >= 4 is 22.9 Å². The molecule has 0 spiro atoms. The zero-order valence-electron chi connectivity index (χ0n) is 18.2. The van der Waals surface area contributed by atoms with Crippen LogP contribution in [0.3, 0.4) is 0 Å². The van der Waals surface area contributed by atoms with Crippen LogP contribution in [0.2, 0.25) is 5.02 Å². The Morgan fingerprint density at radius 3 is 2.66 bits per heavy atom. The van der Waals surface area contributed by atoms with E-state index in [2.05, 4.69) is 16.1 Å². The number of morpholine rings is 1. The molecule has 7 nitrogen and oxygen atoms in total. The minimum atomic E-state index is -0.0817. The summed E-state index contributed by atoms with van der Waals surface area (Å²) < 4.78 is 9.46. The average Bonchev–Trinajstić information content (AvgIpc) is 3.24. The van der Waals surface area contributed by atoms with Crippen molar-refractivity contribution in [3.8, 4) is 11.1 Å². The molecule has 1 saturated heterocycles. The Hall–Kier alpha value is -3.16. The number of hydrogen-bond acceptors (Lipinski definition) is 5. The summed E-state index contributed by atoms with van der Waals surface area (Å²) in [5.74, 6) is 0. The summed E-state index contributed by atoms with van der Waals surface area (Å²) in [7, 11) is 1.90. The minimum Gasteiger partial charge on any atom is -0.370 e. The Morgan fingerprint density at radius 2 is 1.94 bits per heavy atom. The van der Waals surface area contributed by atoms with Gasteiger partial charge in [-0.25, -0.2) is 4.98 Å². The lowest BCUT2D eigenvalue weighted by atomic mass is 10.1. The molecule has 0 saturated carbocycles. The first-order valence-corrected chi connectivity index (χ1v) is 10.9. The van der Waals surface area contributed by atoms with Crippen LogP contribution in [0.1, 0.15) is 22.9 Å². The van der Waals surface area contributed by atoms with E-state index in [1.807, 2.05) is 63.8 Å². The second kappa shape index (κ2) is 8.07. The molecule has 4 heterocycles. The van der Waals surface area contributed by atoms with Gasteiger partial charge in [0.05, 0.1) is 18.5 Å². The third-order valence-corrected chi connectivity index (χ3v) is 6.31. The number of anilines is 1. The quantitative estimate of drug-likeness (QED) is 0.474. The van der Waals surface area contributed by atoms with Crippen molar-refractivity contribution in [1.82, 2.24) is 19.2 Å². The van der Waals surface area contributed by atoms with Crippen LogP contribution in [-0.2, 0) is 11.8 Å². The lowest BCUT2D eigenvalue weighted by molar-refractivity contribution is 0.0397. The van der Waals surface area contributed by atoms with Crippen LogP contribution in [0.25, 0.3) is 16.8 Å². The molecule has 0 aliphatic carbocycles. The largest absolute Gasteiger partial charge is 0.370 e. The fourth-order valence-corrected chi connectivity index (χ4v) is 4.25. The van der Waals surface area contributed by atoms with Gasteiger partial charge in [0.1, 0.15) is 11.8 Å². The average molecular weight is 450 g/mol. The fourth-order valence-electron chi connectivity index (χ4n) is 4.13. The predicted octanol–water partition coefficient (Wildman–Crippen LogP) is 3.94. The van der Waals surface area contributed by atoms with Crippen LogP contribution in [0.5, 0.6) is 0 Å². The Kier molecular flexibility index (Phi) is 5.23. The smallest absolute Gasteiger partial charge is 0.261 e. The number of benzene rings is 1. The zero-order valence-corrected chi connectivity index (χ0v) is 19.0. The number of aromatic nitrogens is 4. The number of rotatable bonds is 3. The maximum atomic E-state index is 13.2. The van der Waals surface area contributed by atoms with Crippen LogP contribution in [0, 0.1) is 13.8 Å². The molecule has 164 valence electrons. The molecular weight excluding hydrogens is 426 g/mol. The van der Waals surface area contributed by atoms with Crippen molar-refractivity contribution in [2.24, 2.45) is 7.05 Å². The van der Waals surface area contributed by atoms with Gasteiger partial charge in [-0.15, -0.1) is 0 Å².